The van der Waals surface area contributed by atoms with Crippen LogP contribution in [-0.2, 0) is 13.1 Å². The molecule has 3 aromatic rings. The molecule has 5 heteroatoms. The van der Waals surface area contributed by atoms with Gasteiger partial charge < -0.3 is 9.30 Å². The van der Waals surface area contributed by atoms with Gasteiger partial charge in [-0.1, -0.05) is 23.7 Å². The number of likely N-dealkylation sites (tertiary alicyclic amines) is 1. The van der Waals surface area contributed by atoms with E-state index in [1.54, 1.807) is 7.11 Å². The molecule has 0 spiro atoms. The Morgan fingerprint density at radius 3 is 2.65 bits per heavy atom. The first kappa shape index (κ1) is 17.4. The Morgan fingerprint density at radius 1 is 1.15 bits per heavy atom. The summed E-state index contributed by atoms with van der Waals surface area (Å²) in [5.74, 6) is 1.95. The third-order valence-electron chi connectivity index (χ3n) is 5.32. The van der Waals surface area contributed by atoms with Gasteiger partial charge in [0.2, 0.25) is 0 Å². The molecule has 0 aliphatic carbocycles. The monoisotopic (exact) mass is 369 g/mol. The maximum absolute atomic E-state index is 6.04. The number of imidazole rings is 1. The predicted octanol–water partition coefficient (Wildman–Crippen LogP) is 4.73. The first-order chi connectivity index (χ1) is 12.6. The summed E-state index contributed by atoms with van der Waals surface area (Å²) < 4.78 is 7.70. The second-order valence-electron chi connectivity index (χ2n) is 7.06. The van der Waals surface area contributed by atoms with Crippen molar-refractivity contribution in [2.24, 2.45) is 0 Å². The Kier molecular flexibility index (Phi) is 4.88. The lowest BCUT2D eigenvalue weighted by Crippen LogP contribution is -2.28. The molecule has 26 heavy (non-hydrogen) atoms. The van der Waals surface area contributed by atoms with E-state index in [9.17, 15) is 0 Å². The minimum absolute atomic E-state index is 0.619. The number of fused-ring (bicyclic) bond motifs is 1. The van der Waals surface area contributed by atoms with E-state index in [0.717, 1.165) is 47.3 Å². The molecule has 4 rings (SSSR count). The summed E-state index contributed by atoms with van der Waals surface area (Å²) in [6, 6.07) is 14.8. The first-order valence-electron chi connectivity index (χ1n) is 9.15. The van der Waals surface area contributed by atoms with Crippen LogP contribution in [0, 0.1) is 0 Å². The Morgan fingerprint density at radius 2 is 1.96 bits per heavy atom. The van der Waals surface area contributed by atoms with E-state index in [4.69, 9.17) is 21.3 Å². The van der Waals surface area contributed by atoms with Crippen LogP contribution < -0.4 is 4.74 Å². The van der Waals surface area contributed by atoms with E-state index in [-0.39, 0.29) is 0 Å². The number of aromatic nitrogens is 2. The highest BCUT2D eigenvalue weighted by molar-refractivity contribution is 6.30. The lowest BCUT2D eigenvalue weighted by atomic mass is 10.2. The van der Waals surface area contributed by atoms with Crippen molar-refractivity contribution in [3.63, 3.8) is 0 Å². The fourth-order valence-corrected chi connectivity index (χ4v) is 3.89. The van der Waals surface area contributed by atoms with E-state index >= 15 is 0 Å². The molecule has 1 saturated heterocycles. The second-order valence-corrected chi connectivity index (χ2v) is 7.49. The molecule has 0 unspecified atom stereocenters. The van der Waals surface area contributed by atoms with Gasteiger partial charge in [-0.3, -0.25) is 4.90 Å². The standard InChI is InChI=1S/C21H24ClN3O/c1-15-4-3-11-24(15)14-21-23-19-12-18(26-2)9-10-20(19)25(21)13-16-5-7-17(22)8-6-16/h5-10,12,15H,3-4,11,13-14H2,1-2H3/t15-/m1/s1. The molecule has 1 aliphatic rings. The van der Waals surface area contributed by atoms with Crippen LogP contribution >= 0.6 is 11.6 Å². The summed E-state index contributed by atoms with van der Waals surface area (Å²) in [6.07, 6.45) is 2.54. The van der Waals surface area contributed by atoms with E-state index in [2.05, 4.69) is 34.6 Å². The summed E-state index contributed by atoms with van der Waals surface area (Å²) >= 11 is 6.04. The maximum atomic E-state index is 6.04. The highest BCUT2D eigenvalue weighted by Gasteiger charge is 2.23. The minimum atomic E-state index is 0.619. The zero-order valence-corrected chi connectivity index (χ0v) is 16.0. The van der Waals surface area contributed by atoms with Crippen molar-refractivity contribution in [2.45, 2.75) is 38.9 Å². The molecule has 0 radical (unpaired) electrons. The Hall–Kier alpha value is -2.04. The maximum Gasteiger partial charge on any atom is 0.124 e. The molecule has 0 amide bonds. The number of hydrogen-bond acceptors (Lipinski definition) is 3. The lowest BCUT2D eigenvalue weighted by Gasteiger charge is -2.21. The quantitative estimate of drug-likeness (QED) is 0.651. The van der Waals surface area contributed by atoms with Crippen molar-refractivity contribution < 1.29 is 4.74 Å². The number of rotatable bonds is 5. The van der Waals surface area contributed by atoms with Gasteiger partial charge >= 0.3 is 0 Å². The van der Waals surface area contributed by atoms with Crippen molar-refractivity contribution >= 4 is 22.6 Å². The lowest BCUT2D eigenvalue weighted by molar-refractivity contribution is 0.251. The SMILES string of the molecule is COc1ccc2c(c1)nc(CN1CCC[C@H]1C)n2Cc1ccc(Cl)cc1. The number of ether oxygens (including phenoxy) is 1. The minimum Gasteiger partial charge on any atom is -0.497 e. The molecule has 0 N–H and O–H groups in total. The van der Waals surface area contributed by atoms with Crippen molar-refractivity contribution in [1.29, 1.82) is 0 Å². The van der Waals surface area contributed by atoms with Crippen LogP contribution in [0.3, 0.4) is 0 Å². The van der Waals surface area contributed by atoms with Crippen LogP contribution in [-0.4, -0.2) is 34.1 Å². The first-order valence-corrected chi connectivity index (χ1v) is 9.53. The molecule has 0 bridgehead atoms. The fourth-order valence-electron chi connectivity index (χ4n) is 3.77. The molecule has 136 valence electrons. The topological polar surface area (TPSA) is 30.3 Å². The van der Waals surface area contributed by atoms with Gasteiger partial charge in [0.1, 0.15) is 11.6 Å². The third-order valence-corrected chi connectivity index (χ3v) is 5.58. The third kappa shape index (κ3) is 3.44. The van der Waals surface area contributed by atoms with Crippen LogP contribution in [0.2, 0.25) is 5.02 Å². The van der Waals surface area contributed by atoms with Gasteiger partial charge in [-0.05, 0) is 56.1 Å². The van der Waals surface area contributed by atoms with Gasteiger partial charge in [-0.2, -0.15) is 0 Å². The zero-order chi connectivity index (χ0) is 18.1. The summed E-state index contributed by atoms with van der Waals surface area (Å²) in [6.45, 7) is 5.13. The predicted molar refractivity (Wildman–Crippen MR) is 106 cm³/mol. The highest BCUT2D eigenvalue weighted by Crippen LogP contribution is 2.26. The van der Waals surface area contributed by atoms with Crippen molar-refractivity contribution in [1.82, 2.24) is 14.5 Å². The second kappa shape index (κ2) is 7.29. The molecule has 1 fully saturated rings. The van der Waals surface area contributed by atoms with E-state index in [1.807, 2.05) is 24.3 Å². The van der Waals surface area contributed by atoms with Gasteiger partial charge in [0, 0.05) is 23.7 Å². The van der Waals surface area contributed by atoms with Gasteiger partial charge in [-0.25, -0.2) is 4.98 Å². The largest absolute Gasteiger partial charge is 0.497 e. The van der Waals surface area contributed by atoms with Crippen LogP contribution in [0.25, 0.3) is 11.0 Å². The number of methoxy groups -OCH3 is 1. The molecule has 1 aliphatic heterocycles. The van der Waals surface area contributed by atoms with Gasteiger partial charge in [0.15, 0.2) is 0 Å². The van der Waals surface area contributed by atoms with E-state index in [1.165, 1.54) is 18.4 Å². The highest BCUT2D eigenvalue weighted by atomic mass is 35.5. The number of hydrogen-bond donors (Lipinski definition) is 0. The van der Waals surface area contributed by atoms with Crippen LogP contribution in [0.1, 0.15) is 31.2 Å². The van der Waals surface area contributed by atoms with Crippen LogP contribution in [0.4, 0.5) is 0 Å². The summed E-state index contributed by atoms with van der Waals surface area (Å²) in [5.41, 5.74) is 3.35. The number of nitrogens with zero attached hydrogens (tertiary/aromatic N) is 3. The molecule has 2 aromatic carbocycles. The normalized spacial score (nSPS) is 17.9. The molecule has 2 heterocycles. The number of halogens is 1. The number of benzene rings is 2. The average Bonchev–Trinajstić information content (AvgIpc) is 3.20. The smallest absolute Gasteiger partial charge is 0.124 e. The molecular weight excluding hydrogens is 346 g/mol. The summed E-state index contributed by atoms with van der Waals surface area (Å²) in [5, 5.41) is 0.764. The molecule has 0 saturated carbocycles. The Bertz CT molecular complexity index is 904. The van der Waals surface area contributed by atoms with Crippen LogP contribution in [0.15, 0.2) is 42.5 Å². The molecule has 4 nitrogen and oxygen atoms in total. The van der Waals surface area contributed by atoms with Gasteiger partial charge in [0.05, 0.1) is 24.7 Å². The van der Waals surface area contributed by atoms with E-state index in [0.29, 0.717) is 6.04 Å². The zero-order valence-electron chi connectivity index (χ0n) is 15.3. The van der Waals surface area contributed by atoms with Gasteiger partial charge in [-0.15, -0.1) is 0 Å². The summed E-state index contributed by atoms with van der Waals surface area (Å²) in [4.78, 5) is 7.47. The van der Waals surface area contributed by atoms with E-state index < -0.39 is 0 Å². The molecule has 1 atom stereocenters. The van der Waals surface area contributed by atoms with Crippen molar-refractivity contribution in [2.75, 3.05) is 13.7 Å². The van der Waals surface area contributed by atoms with Gasteiger partial charge in [0.25, 0.3) is 0 Å². The molecular formula is C21H24ClN3O. The molecule has 1 aromatic heterocycles. The fraction of sp³-hybridized carbons (Fsp3) is 0.381. The summed E-state index contributed by atoms with van der Waals surface area (Å²) in [7, 11) is 1.69. The van der Waals surface area contributed by atoms with Crippen molar-refractivity contribution in [3.05, 3.63) is 58.9 Å². The average molecular weight is 370 g/mol. The van der Waals surface area contributed by atoms with Crippen molar-refractivity contribution in [3.8, 4) is 5.75 Å². The Balaban J connectivity index is 1.73. The Labute approximate surface area is 159 Å². The van der Waals surface area contributed by atoms with Crippen LogP contribution in [0.5, 0.6) is 5.75 Å².